The van der Waals surface area contributed by atoms with Crippen molar-refractivity contribution in [2.24, 2.45) is 0 Å². The molecule has 1 saturated heterocycles. The van der Waals surface area contributed by atoms with Crippen LogP contribution in [0.5, 0.6) is 11.5 Å². The van der Waals surface area contributed by atoms with Crippen molar-refractivity contribution in [3.05, 3.63) is 53.0 Å². The molecule has 3 aromatic rings. The summed E-state index contributed by atoms with van der Waals surface area (Å²) in [4.78, 5) is 21.5. The van der Waals surface area contributed by atoms with Crippen LogP contribution in [-0.2, 0) is 11.3 Å². The number of nitrogens with zero attached hydrogens (tertiary/aromatic N) is 3. The largest absolute Gasteiger partial charge is 0.493 e. The van der Waals surface area contributed by atoms with Crippen LogP contribution < -0.4 is 9.47 Å². The first kappa shape index (κ1) is 19.7. The molecule has 2 aromatic carbocycles. The summed E-state index contributed by atoms with van der Waals surface area (Å²) in [5, 5.41) is 1.13. The summed E-state index contributed by atoms with van der Waals surface area (Å²) >= 11 is 1.74. The molecule has 1 amide bonds. The number of thiazole rings is 1. The molecule has 152 valence electrons. The second-order valence-corrected chi connectivity index (χ2v) is 8.29. The van der Waals surface area contributed by atoms with E-state index in [9.17, 15) is 4.79 Å². The highest BCUT2D eigenvalue weighted by Gasteiger charge is 2.22. The molecular formula is C22H25N3O3S. The number of carbonyl (C=O) groups excluding carboxylic acids is 1. The molecule has 0 atom stereocenters. The first-order valence-electron chi connectivity index (χ1n) is 9.74. The maximum absolute atomic E-state index is 12.6. The Morgan fingerprint density at radius 1 is 1.10 bits per heavy atom. The van der Waals surface area contributed by atoms with Gasteiger partial charge in [-0.1, -0.05) is 18.2 Å². The van der Waals surface area contributed by atoms with Gasteiger partial charge in [-0.05, 0) is 36.8 Å². The van der Waals surface area contributed by atoms with E-state index in [1.165, 1.54) is 4.70 Å². The number of aryl methyl sites for hydroxylation is 1. The van der Waals surface area contributed by atoms with E-state index in [1.54, 1.807) is 18.4 Å². The van der Waals surface area contributed by atoms with Gasteiger partial charge in [0.1, 0.15) is 5.01 Å². The van der Waals surface area contributed by atoms with Gasteiger partial charge in [0.15, 0.2) is 18.1 Å². The number of ether oxygens (including phenoxy) is 2. The molecule has 7 heteroatoms. The van der Waals surface area contributed by atoms with Crippen LogP contribution in [0.25, 0.3) is 10.2 Å². The summed E-state index contributed by atoms with van der Waals surface area (Å²) in [6.45, 7) is 5.95. The number of aromatic nitrogens is 1. The van der Waals surface area contributed by atoms with Gasteiger partial charge in [0, 0.05) is 26.2 Å². The van der Waals surface area contributed by atoms with Crippen LogP contribution in [0, 0.1) is 6.92 Å². The normalized spacial score (nSPS) is 14.9. The molecule has 4 rings (SSSR count). The minimum Gasteiger partial charge on any atom is -0.493 e. The molecule has 0 radical (unpaired) electrons. The molecule has 1 aromatic heterocycles. The lowest BCUT2D eigenvalue weighted by Gasteiger charge is -2.34. The minimum atomic E-state index is 0.00673. The summed E-state index contributed by atoms with van der Waals surface area (Å²) in [6, 6.07) is 13.9. The Kier molecular flexibility index (Phi) is 5.97. The predicted molar refractivity (Wildman–Crippen MR) is 115 cm³/mol. The van der Waals surface area contributed by atoms with Gasteiger partial charge >= 0.3 is 0 Å². The molecule has 1 aliphatic heterocycles. The summed E-state index contributed by atoms with van der Waals surface area (Å²) in [6.07, 6.45) is 0. The summed E-state index contributed by atoms with van der Waals surface area (Å²) in [5.41, 5.74) is 2.15. The van der Waals surface area contributed by atoms with Crippen molar-refractivity contribution < 1.29 is 14.3 Å². The quantitative estimate of drug-likeness (QED) is 0.623. The van der Waals surface area contributed by atoms with Gasteiger partial charge in [-0.2, -0.15) is 0 Å². The van der Waals surface area contributed by atoms with Crippen molar-refractivity contribution in [1.29, 1.82) is 0 Å². The summed E-state index contributed by atoms with van der Waals surface area (Å²) in [5.74, 6) is 1.26. The first-order chi connectivity index (χ1) is 14.1. The van der Waals surface area contributed by atoms with E-state index < -0.39 is 0 Å². The van der Waals surface area contributed by atoms with E-state index in [0.29, 0.717) is 24.6 Å². The van der Waals surface area contributed by atoms with Gasteiger partial charge in [-0.15, -0.1) is 11.3 Å². The molecule has 0 unspecified atom stereocenters. The number of fused-ring (bicyclic) bond motifs is 1. The van der Waals surface area contributed by atoms with Crippen LogP contribution in [0.15, 0.2) is 42.5 Å². The SMILES string of the molecule is COc1cc(C)ccc1OCC(=O)N1CCN(Cc2nc3ccccc3s2)CC1. The molecule has 1 fully saturated rings. The fourth-order valence-electron chi connectivity index (χ4n) is 3.46. The van der Waals surface area contributed by atoms with E-state index in [2.05, 4.69) is 17.0 Å². The van der Waals surface area contributed by atoms with E-state index >= 15 is 0 Å². The number of para-hydroxylation sites is 1. The van der Waals surface area contributed by atoms with Gasteiger partial charge in [0.05, 0.1) is 23.9 Å². The van der Waals surface area contributed by atoms with Gasteiger partial charge in [0.25, 0.3) is 5.91 Å². The van der Waals surface area contributed by atoms with Crippen LogP contribution in [-0.4, -0.2) is 60.6 Å². The van der Waals surface area contributed by atoms with Crippen LogP contribution in [0.3, 0.4) is 0 Å². The average Bonchev–Trinajstić information content (AvgIpc) is 3.15. The van der Waals surface area contributed by atoms with Crippen molar-refractivity contribution >= 4 is 27.5 Å². The van der Waals surface area contributed by atoms with Crippen molar-refractivity contribution in [2.75, 3.05) is 39.9 Å². The standard InChI is InChI=1S/C22H25N3O3S/c1-16-7-8-18(19(13-16)27-2)28-15-22(26)25-11-9-24(10-12-25)14-21-23-17-5-3-4-6-20(17)29-21/h3-8,13H,9-12,14-15H2,1-2H3. The number of methoxy groups -OCH3 is 1. The number of carbonyl (C=O) groups is 1. The lowest BCUT2D eigenvalue weighted by molar-refractivity contribution is -0.135. The van der Waals surface area contributed by atoms with E-state index in [0.717, 1.165) is 35.7 Å². The van der Waals surface area contributed by atoms with E-state index in [1.807, 2.05) is 42.2 Å². The molecule has 0 saturated carbocycles. The Morgan fingerprint density at radius 2 is 1.90 bits per heavy atom. The molecule has 0 N–H and O–H groups in total. The van der Waals surface area contributed by atoms with E-state index in [4.69, 9.17) is 14.5 Å². The molecule has 29 heavy (non-hydrogen) atoms. The van der Waals surface area contributed by atoms with Crippen molar-refractivity contribution in [3.8, 4) is 11.5 Å². The molecule has 0 bridgehead atoms. The Morgan fingerprint density at radius 3 is 2.66 bits per heavy atom. The van der Waals surface area contributed by atoms with Crippen molar-refractivity contribution in [3.63, 3.8) is 0 Å². The van der Waals surface area contributed by atoms with Gasteiger partial charge in [-0.25, -0.2) is 4.98 Å². The molecule has 0 aliphatic carbocycles. The average molecular weight is 412 g/mol. The van der Waals surface area contributed by atoms with Crippen molar-refractivity contribution in [1.82, 2.24) is 14.8 Å². The summed E-state index contributed by atoms with van der Waals surface area (Å²) in [7, 11) is 1.61. The second kappa shape index (κ2) is 8.80. The first-order valence-corrected chi connectivity index (χ1v) is 10.6. The van der Waals surface area contributed by atoms with Gasteiger partial charge in [-0.3, -0.25) is 9.69 Å². The Bertz CT molecular complexity index is 963. The zero-order valence-corrected chi connectivity index (χ0v) is 17.6. The number of benzene rings is 2. The van der Waals surface area contributed by atoms with Crippen molar-refractivity contribution in [2.45, 2.75) is 13.5 Å². The highest BCUT2D eigenvalue weighted by Crippen LogP contribution is 2.28. The Labute approximate surface area is 174 Å². The number of piperazine rings is 1. The number of hydrogen-bond donors (Lipinski definition) is 0. The molecule has 1 aliphatic rings. The van der Waals surface area contributed by atoms with Gasteiger partial charge < -0.3 is 14.4 Å². The Balaban J connectivity index is 1.27. The number of hydrogen-bond acceptors (Lipinski definition) is 6. The van der Waals surface area contributed by atoms with Crippen LogP contribution in [0.4, 0.5) is 0 Å². The maximum Gasteiger partial charge on any atom is 0.260 e. The zero-order valence-electron chi connectivity index (χ0n) is 16.8. The highest BCUT2D eigenvalue weighted by molar-refractivity contribution is 7.18. The zero-order chi connectivity index (χ0) is 20.2. The molecule has 6 nitrogen and oxygen atoms in total. The molecule has 0 spiro atoms. The monoisotopic (exact) mass is 411 g/mol. The lowest BCUT2D eigenvalue weighted by atomic mass is 10.2. The minimum absolute atomic E-state index is 0.00673. The predicted octanol–water partition coefficient (Wildman–Crippen LogP) is 3.34. The Hall–Kier alpha value is -2.64. The fourth-order valence-corrected chi connectivity index (χ4v) is 4.47. The lowest BCUT2D eigenvalue weighted by Crippen LogP contribution is -2.49. The van der Waals surface area contributed by atoms with Gasteiger partial charge in [0.2, 0.25) is 0 Å². The molecular weight excluding hydrogens is 386 g/mol. The maximum atomic E-state index is 12.6. The highest BCUT2D eigenvalue weighted by atomic mass is 32.1. The third kappa shape index (κ3) is 4.68. The smallest absolute Gasteiger partial charge is 0.260 e. The fraction of sp³-hybridized carbons (Fsp3) is 0.364. The number of rotatable bonds is 6. The topological polar surface area (TPSA) is 54.9 Å². The summed E-state index contributed by atoms with van der Waals surface area (Å²) < 4.78 is 12.3. The van der Waals surface area contributed by atoms with E-state index in [-0.39, 0.29) is 12.5 Å². The van der Waals surface area contributed by atoms with Crippen LogP contribution in [0.1, 0.15) is 10.6 Å². The third-order valence-electron chi connectivity index (χ3n) is 5.09. The third-order valence-corrected chi connectivity index (χ3v) is 6.11. The van der Waals surface area contributed by atoms with Crippen LogP contribution in [0.2, 0.25) is 0 Å². The second-order valence-electron chi connectivity index (χ2n) is 7.18. The van der Waals surface area contributed by atoms with Crippen LogP contribution >= 0.6 is 11.3 Å². The number of amides is 1. The molecule has 2 heterocycles.